The first kappa shape index (κ1) is 23.6. The number of carbonyl (C=O) groups is 2. The summed E-state index contributed by atoms with van der Waals surface area (Å²) < 4.78 is 41.9. The van der Waals surface area contributed by atoms with Crippen LogP contribution < -0.4 is 5.73 Å². The van der Waals surface area contributed by atoms with Gasteiger partial charge in [0.2, 0.25) is 11.8 Å². The number of nitrogens with zero attached hydrogens (tertiary/aromatic N) is 3. The molecule has 2 N–H and O–H groups in total. The van der Waals surface area contributed by atoms with Crippen LogP contribution in [0, 0.1) is 17.2 Å². The van der Waals surface area contributed by atoms with E-state index in [1.54, 1.807) is 9.58 Å². The lowest BCUT2D eigenvalue weighted by Gasteiger charge is -2.42. The average Bonchev–Trinajstić information content (AvgIpc) is 3.06. The van der Waals surface area contributed by atoms with Gasteiger partial charge in [0, 0.05) is 31.4 Å². The van der Waals surface area contributed by atoms with E-state index in [1.165, 1.54) is 18.2 Å². The molecule has 33 heavy (non-hydrogen) atoms. The molecule has 1 atom stereocenters. The third kappa shape index (κ3) is 4.47. The zero-order valence-corrected chi connectivity index (χ0v) is 19.4. The highest BCUT2D eigenvalue weighted by atomic mass is 35.5. The Morgan fingerprint density at radius 2 is 1.94 bits per heavy atom. The maximum atomic E-state index is 13.7. The van der Waals surface area contributed by atoms with Crippen molar-refractivity contribution in [3.8, 4) is 11.3 Å². The lowest BCUT2D eigenvalue weighted by Crippen LogP contribution is -2.47. The standard InChI is InChI=1S/C23H26ClF3N4O2/c1-22(2,3)17-11-30(18(32)6-12-8-23(26,27)9-12)10-16-19(21(28)33)20(29-31(16)17)13-4-5-15(25)14(24)7-13/h4-5,7,12,17H,6,8-11H2,1-3H3,(H2,28,33). The summed E-state index contributed by atoms with van der Waals surface area (Å²) in [5, 5.41) is 4.54. The van der Waals surface area contributed by atoms with Gasteiger partial charge in [0.15, 0.2) is 0 Å². The second-order valence-electron chi connectivity index (χ2n) is 10.1. The van der Waals surface area contributed by atoms with Gasteiger partial charge in [-0.1, -0.05) is 32.4 Å². The van der Waals surface area contributed by atoms with E-state index in [2.05, 4.69) is 5.10 Å². The predicted molar refractivity (Wildman–Crippen MR) is 117 cm³/mol. The average molecular weight is 483 g/mol. The lowest BCUT2D eigenvalue weighted by atomic mass is 9.78. The van der Waals surface area contributed by atoms with Crippen molar-refractivity contribution in [1.82, 2.24) is 14.7 Å². The minimum Gasteiger partial charge on any atom is -0.365 e. The molecule has 1 aliphatic carbocycles. The molecule has 2 aromatic rings. The molecule has 0 spiro atoms. The SMILES string of the molecule is CC(C)(C)C1CN(C(=O)CC2CC(F)(F)C2)Cc2c(C(N)=O)c(-c3ccc(F)c(Cl)c3)nn21. The second-order valence-corrected chi connectivity index (χ2v) is 10.5. The third-order valence-corrected chi connectivity index (χ3v) is 6.76. The molecule has 1 aliphatic heterocycles. The van der Waals surface area contributed by atoms with Crippen LogP contribution in [-0.4, -0.2) is 39.0 Å². The Kier molecular flexibility index (Phi) is 5.75. The van der Waals surface area contributed by atoms with E-state index < -0.39 is 17.6 Å². The number of hydrogen-bond donors (Lipinski definition) is 1. The molecule has 1 unspecified atom stereocenters. The molecule has 0 radical (unpaired) electrons. The largest absolute Gasteiger partial charge is 0.365 e. The molecular weight excluding hydrogens is 457 g/mol. The van der Waals surface area contributed by atoms with Crippen LogP contribution in [-0.2, 0) is 11.3 Å². The number of carbonyl (C=O) groups excluding carboxylic acids is 2. The molecule has 2 aliphatic rings. The van der Waals surface area contributed by atoms with Crippen molar-refractivity contribution in [2.24, 2.45) is 17.1 Å². The minimum atomic E-state index is -2.69. The maximum Gasteiger partial charge on any atom is 0.252 e. The summed E-state index contributed by atoms with van der Waals surface area (Å²) in [6.07, 6.45) is -0.530. The molecule has 2 heterocycles. The first-order chi connectivity index (χ1) is 15.3. The van der Waals surface area contributed by atoms with Gasteiger partial charge in [0.25, 0.3) is 5.91 Å². The predicted octanol–water partition coefficient (Wildman–Crippen LogP) is 4.81. The molecule has 1 fully saturated rings. The van der Waals surface area contributed by atoms with E-state index in [-0.39, 0.29) is 65.4 Å². The van der Waals surface area contributed by atoms with Crippen molar-refractivity contribution in [3.63, 3.8) is 0 Å². The number of hydrogen-bond acceptors (Lipinski definition) is 3. The number of rotatable bonds is 4. The summed E-state index contributed by atoms with van der Waals surface area (Å²) in [7, 11) is 0. The Hall–Kier alpha value is -2.55. The summed E-state index contributed by atoms with van der Waals surface area (Å²) in [4.78, 5) is 27.1. The molecule has 178 valence electrons. The van der Waals surface area contributed by atoms with Crippen LogP contribution in [0.15, 0.2) is 18.2 Å². The van der Waals surface area contributed by atoms with E-state index >= 15 is 0 Å². The number of amides is 2. The summed E-state index contributed by atoms with van der Waals surface area (Å²) >= 11 is 5.94. The van der Waals surface area contributed by atoms with Crippen LogP contribution in [0.5, 0.6) is 0 Å². The lowest BCUT2D eigenvalue weighted by molar-refractivity contribution is -0.144. The molecule has 2 amide bonds. The van der Waals surface area contributed by atoms with Crippen LogP contribution in [0.25, 0.3) is 11.3 Å². The first-order valence-electron chi connectivity index (χ1n) is 10.8. The van der Waals surface area contributed by atoms with E-state index in [0.717, 1.165) is 0 Å². The van der Waals surface area contributed by atoms with Gasteiger partial charge in [-0.3, -0.25) is 14.3 Å². The van der Waals surface area contributed by atoms with Crippen molar-refractivity contribution in [1.29, 1.82) is 0 Å². The van der Waals surface area contributed by atoms with E-state index in [1.807, 2.05) is 20.8 Å². The normalized spacial score (nSPS) is 20.3. The van der Waals surface area contributed by atoms with Gasteiger partial charge in [0.1, 0.15) is 11.5 Å². The molecule has 10 heteroatoms. The monoisotopic (exact) mass is 482 g/mol. The minimum absolute atomic E-state index is 0.0346. The Morgan fingerprint density at radius 3 is 2.48 bits per heavy atom. The van der Waals surface area contributed by atoms with Crippen LogP contribution in [0.1, 0.15) is 62.1 Å². The van der Waals surface area contributed by atoms with Gasteiger partial charge in [-0.05, 0) is 29.5 Å². The van der Waals surface area contributed by atoms with E-state index in [0.29, 0.717) is 17.8 Å². The molecule has 6 nitrogen and oxygen atoms in total. The van der Waals surface area contributed by atoms with Crippen molar-refractivity contribution in [3.05, 3.63) is 40.3 Å². The van der Waals surface area contributed by atoms with Crippen LogP contribution in [0.2, 0.25) is 5.02 Å². The fourth-order valence-corrected chi connectivity index (χ4v) is 4.83. The van der Waals surface area contributed by atoms with Crippen LogP contribution in [0.3, 0.4) is 0 Å². The van der Waals surface area contributed by atoms with Crippen molar-refractivity contribution >= 4 is 23.4 Å². The Morgan fingerprint density at radius 1 is 1.27 bits per heavy atom. The summed E-state index contributed by atoms with van der Waals surface area (Å²) in [5.41, 5.74) is 6.67. The number of alkyl halides is 2. The fraction of sp³-hybridized carbons (Fsp3) is 0.522. The molecule has 0 saturated heterocycles. The highest BCUT2D eigenvalue weighted by Gasteiger charge is 2.47. The van der Waals surface area contributed by atoms with Gasteiger partial charge < -0.3 is 10.6 Å². The fourth-order valence-electron chi connectivity index (χ4n) is 4.65. The number of fused-ring (bicyclic) bond motifs is 1. The van der Waals surface area contributed by atoms with Crippen LogP contribution in [0.4, 0.5) is 13.2 Å². The smallest absolute Gasteiger partial charge is 0.252 e. The zero-order valence-electron chi connectivity index (χ0n) is 18.7. The van der Waals surface area contributed by atoms with Gasteiger partial charge in [0.05, 0.1) is 28.9 Å². The van der Waals surface area contributed by atoms with Gasteiger partial charge in [-0.25, -0.2) is 13.2 Å². The second kappa shape index (κ2) is 8.04. The molecule has 1 aromatic carbocycles. The Labute approximate surface area is 194 Å². The number of halogens is 4. The molecule has 0 bridgehead atoms. The third-order valence-electron chi connectivity index (χ3n) is 6.47. The Bertz CT molecular complexity index is 1120. The van der Waals surface area contributed by atoms with Gasteiger partial charge in [-0.2, -0.15) is 5.10 Å². The number of primary amides is 1. The molecular formula is C23H26ClF3N4O2. The first-order valence-corrected chi connectivity index (χ1v) is 11.2. The quantitative estimate of drug-likeness (QED) is 0.679. The highest BCUT2D eigenvalue weighted by molar-refractivity contribution is 6.31. The number of aromatic nitrogens is 2. The summed E-state index contributed by atoms with van der Waals surface area (Å²) in [6, 6.07) is 3.74. The van der Waals surface area contributed by atoms with Gasteiger partial charge >= 0.3 is 0 Å². The Balaban J connectivity index is 1.74. The van der Waals surface area contributed by atoms with Crippen LogP contribution >= 0.6 is 11.6 Å². The maximum absolute atomic E-state index is 13.7. The summed E-state index contributed by atoms with van der Waals surface area (Å²) in [5.74, 6) is -4.61. The van der Waals surface area contributed by atoms with Crippen molar-refractivity contribution in [2.45, 2.75) is 58.5 Å². The van der Waals surface area contributed by atoms with Crippen molar-refractivity contribution < 1.29 is 22.8 Å². The molecule has 4 rings (SSSR count). The van der Waals surface area contributed by atoms with E-state index in [9.17, 15) is 22.8 Å². The number of nitrogens with two attached hydrogens (primary N) is 1. The molecule has 1 saturated carbocycles. The summed E-state index contributed by atoms with van der Waals surface area (Å²) in [6.45, 7) is 6.36. The zero-order chi connectivity index (χ0) is 24.3. The van der Waals surface area contributed by atoms with E-state index in [4.69, 9.17) is 17.3 Å². The number of benzene rings is 1. The highest BCUT2D eigenvalue weighted by Crippen LogP contribution is 2.45. The van der Waals surface area contributed by atoms with Crippen molar-refractivity contribution in [2.75, 3.05) is 6.54 Å². The van der Waals surface area contributed by atoms with Gasteiger partial charge in [-0.15, -0.1) is 0 Å². The molecule has 1 aromatic heterocycles. The topological polar surface area (TPSA) is 81.2 Å².